The van der Waals surface area contributed by atoms with Crippen LogP contribution >= 0.6 is 0 Å². The monoisotopic (exact) mass is 274 g/mol. The van der Waals surface area contributed by atoms with E-state index in [0.29, 0.717) is 26.1 Å². The Morgan fingerprint density at radius 3 is 2.16 bits per heavy atom. The van der Waals surface area contributed by atoms with Gasteiger partial charge in [0.05, 0.1) is 6.54 Å². The first-order chi connectivity index (χ1) is 8.94. The Morgan fingerprint density at radius 1 is 1.11 bits per heavy atom. The van der Waals surface area contributed by atoms with Crippen molar-refractivity contribution in [1.29, 1.82) is 0 Å². The molecule has 2 nitrogen and oxygen atoms in total. The average molecular weight is 274 g/mol. The van der Waals surface area contributed by atoms with Crippen LogP contribution < -0.4 is 5.73 Å². The molecule has 108 valence electrons. The van der Waals surface area contributed by atoms with E-state index in [1.807, 2.05) is 31.2 Å². The molecule has 0 spiro atoms. The lowest BCUT2D eigenvalue weighted by molar-refractivity contribution is -0.147. The topological polar surface area (TPSA) is 29.3 Å². The average Bonchev–Trinajstić information content (AvgIpc) is 2.30. The second kappa shape index (κ2) is 7.50. The molecular weight excluding hydrogens is 253 g/mol. The van der Waals surface area contributed by atoms with Crippen molar-refractivity contribution in [3.05, 3.63) is 35.4 Å². The number of rotatable bonds is 7. The Bertz CT molecular complexity index is 360. The normalized spacial score (nSPS) is 12.1. The molecule has 0 aromatic heterocycles. The number of hydrogen-bond donors (Lipinski definition) is 1. The number of nitrogens with two attached hydrogens (primary N) is 1. The van der Waals surface area contributed by atoms with E-state index in [9.17, 15) is 13.2 Å². The molecule has 0 radical (unpaired) electrons. The van der Waals surface area contributed by atoms with Gasteiger partial charge in [-0.3, -0.25) is 4.90 Å². The van der Waals surface area contributed by atoms with Gasteiger partial charge in [0.1, 0.15) is 0 Å². The van der Waals surface area contributed by atoms with Crippen molar-refractivity contribution in [3.8, 4) is 0 Å². The Morgan fingerprint density at radius 2 is 1.68 bits per heavy atom. The second-order valence-corrected chi connectivity index (χ2v) is 4.68. The zero-order valence-electron chi connectivity index (χ0n) is 11.2. The maximum Gasteiger partial charge on any atom is 0.401 e. The van der Waals surface area contributed by atoms with Crippen molar-refractivity contribution in [2.24, 2.45) is 5.73 Å². The van der Waals surface area contributed by atoms with Crippen LogP contribution in [0.15, 0.2) is 24.3 Å². The van der Waals surface area contributed by atoms with E-state index >= 15 is 0 Å². The third-order valence-corrected chi connectivity index (χ3v) is 2.80. The van der Waals surface area contributed by atoms with Gasteiger partial charge in [-0.1, -0.05) is 31.2 Å². The number of alkyl halides is 3. The van der Waals surface area contributed by atoms with Crippen LogP contribution in [0.3, 0.4) is 0 Å². The van der Waals surface area contributed by atoms with Gasteiger partial charge >= 0.3 is 6.18 Å². The summed E-state index contributed by atoms with van der Waals surface area (Å²) >= 11 is 0. The fraction of sp³-hybridized carbons (Fsp3) is 0.571. The quantitative estimate of drug-likeness (QED) is 0.828. The van der Waals surface area contributed by atoms with Crippen molar-refractivity contribution in [3.63, 3.8) is 0 Å². The largest absolute Gasteiger partial charge is 0.401 e. The molecule has 1 aromatic rings. The lowest BCUT2D eigenvalue weighted by Gasteiger charge is -2.23. The molecule has 1 aromatic carbocycles. The van der Waals surface area contributed by atoms with Gasteiger partial charge in [-0.25, -0.2) is 0 Å². The fourth-order valence-corrected chi connectivity index (χ4v) is 2.02. The predicted molar refractivity (Wildman–Crippen MR) is 70.8 cm³/mol. The van der Waals surface area contributed by atoms with E-state index in [2.05, 4.69) is 0 Å². The molecule has 19 heavy (non-hydrogen) atoms. The first kappa shape index (κ1) is 16.0. The maximum absolute atomic E-state index is 12.4. The molecule has 0 saturated heterocycles. The molecule has 0 unspecified atom stereocenters. The minimum atomic E-state index is -4.14. The summed E-state index contributed by atoms with van der Waals surface area (Å²) in [5.74, 6) is 0. The molecule has 1 rings (SSSR count). The summed E-state index contributed by atoms with van der Waals surface area (Å²) in [6.45, 7) is 2.38. The highest BCUT2D eigenvalue weighted by molar-refractivity contribution is 5.22. The molecule has 0 aliphatic carbocycles. The van der Waals surface area contributed by atoms with Crippen LogP contribution in [0, 0.1) is 0 Å². The molecule has 0 amide bonds. The van der Waals surface area contributed by atoms with Gasteiger partial charge in [-0.15, -0.1) is 0 Å². The minimum Gasteiger partial charge on any atom is -0.330 e. The van der Waals surface area contributed by atoms with Crippen LogP contribution in [0.2, 0.25) is 0 Å². The Hall–Kier alpha value is -1.07. The van der Waals surface area contributed by atoms with Crippen molar-refractivity contribution >= 4 is 0 Å². The van der Waals surface area contributed by atoms with Crippen LogP contribution in [0.5, 0.6) is 0 Å². The summed E-state index contributed by atoms with van der Waals surface area (Å²) in [6.07, 6.45) is -2.64. The van der Waals surface area contributed by atoms with Crippen LogP contribution in [-0.4, -0.2) is 30.7 Å². The lowest BCUT2D eigenvalue weighted by atomic mass is 10.1. The summed E-state index contributed by atoms with van der Waals surface area (Å²) in [4.78, 5) is 1.43. The van der Waals surface area contributed by atoms with Gasteiger partial charge < -0.3 is 5.73 Å². The SMILES string of the molecule is CCCN(Cc1ccc(CCN)cc1)CC(F)(F)F. The minimum absolute atomic E-state index is 0.330. The summed E-state index contributed by atoms with van der Waals surface area (Å²) in [5, 5.41) is 0. The van der Waals surface area contributed by atoms with Gasteiger partial charge in [0.25, 0.3) is 0 Å². The van der Waals surface area contributed by atoms with Gasteiger partial charge in [-0.05, 0) is 37.1 Å². The molecule has 0 atom stereocenters. The Labute approximate surface area is 112 Å². The summed E-state index contributed by atoms with van der Waals surface area (Å²) in [6, 6.07) is 7.62. The number of halogens is 3. The highest BCUT2D eigenvalue weighted by Crippen LogP contribution is 2.18. The van der Waals surface area contributed by atoms with Crippen molar-refractivity contribution in [2.75, 3.05) is 19.6 Å². The molecule has 0 heterocycles. The van der Waals surface area contributed by atoms with Crippen LogP contribution in [0.25, 0.3) is 0 Å². The smallest absolute Gasteiger partial charge is 0.330 e. The zero-order valence-corrected chi connectivity index (χ0v) is 11.2. The summed E-state index contributed by atoms with van der Waals surface area (Å²) in [7, 11) is 0. The number of nitrogens with zero attached hydrogens (tertiary/aromatic N) is 1. The second-order valence-electron chi connectivity index (χ2n) is 4.68. The van der Waals surface area contributed by atoms with E-state index < -0.39 is 12.7 Å². The van der Waals surface area contributed by atoms with Crippen LogP contribution in [-0.2, 0) is 13.0 Å². The number of hydrogen-bond acceptors (Lipinski definition) is 2. The maximum atomic E-state index is 12.4. The van der Waals surface area contributed by atoms with E-state index in [-0.39, 0.29) is 0 Å². The zero-order chi connectivity index (χ0) is 14.3. The van der Waals surface area contributed by atoms with Gasteiger partial charge in [0, 0.05) is 6.54 Å². The predicted octanol–water partition coefficient (Wildman–Crippen LogP) is 2.96. The van der Waals surface area contributed by atoms with Crippen molar-refractivity contribution in [2.45, 2.75) is 32.5 Å². The van der Waals surface area contributed by atoms with E-state index in [1.54, 1.807) is 0 Å². The van der Waals surface area contributed by atoms with Crippen LogP contribution in [0.4, 0.5) is 13.2 Å². The highest BCUT2D eigenvalue weighted by Gasteiger charge is 2.30. The third-order valence-electron chi connectivity index (χ3n) is 2.80. The van der Waals surface area contributed by atoms with E-state index in [4.69, 9.17) is 5.73 Å². The molecule has 0 fully saturated rings. The lowest BCUT2D eigenvalue weighted by Crippen LogP contribution is -2.34. The first-order valence-corrected chi connectivity index (χ1v) is 6.51. The fourth-order valence-electron chi connectivity index (χ4n) is 2.02. The molecule has 0 aliphatic heterocycles. The van der Waals surface area contributed by atoms with E-state index in [1.165, 1.54) is 4.90 Å². The first-order valence-electron chi connectivity index (χ1n) is 6.51. The number of benzene rings is 1. The molecular formula is C14H21F3N2. The molecule has 5 heteroatoms. The van der Waals surface area contributed by atoms with Gasteiger partial charge in [0.15, 0.2) is 0 Å². The summed E-state index contributed by atoms with van der Waals surface area (Å²) in [5.41, 5.74) is 7.47. The third kappa shape index (κ3) is 6.59. The van der Waals surface area contributed by atoms with Gasteiger partial charge in [0.2, 0.25) is 0 Å². The standard InChI is InChI=1S/C14H21F3N2/c1-2-9-19(11-14(15,16)17)10-13-5-3-12(4-6-13)7-8-18/h3-6H,2,7-11,18H2,1H3. The highest BCUT2D eigenvalue weighted by atomic mass is 19.4. The Balaban J connectivity index is 2.62. The van der Waals surface area contributed by atoms with Gasteiger partial charge in [-0.2, -0.15) is 13.2 Å². The Kier molecular flexibility index (Phi) is 6.31. The molecule has 2 N–H and O–H groups in total. The van der Waals surface area contributed by atoms with Crippen molar-refractivity contribution < 1.29 is 13.2 Å². The molecule has 0 bridgehead atoms. The summed E-state index contributed by atoms with van der Waals surface area (Å²) < 4.78 is 37.3. The van der Waals surface area contributed by atoms with Crippen molar-refractivity contribution in [1.82, 2.24) is 4.90 Å². The van der Waals surface area contributed by atoms with Crippen LogP contribution in [0.1, 0.15) is 24.5 Å². The van der Waals surface area contributed by atoms with E-state index in [0.717, 1.165) is 17.5 Å². The molecule has 0 saturated carbocycles. The molecule has 0 aliphatic rings.